The number of aliphatic hydroxyl groups excluding tert-OH is 2. The van der Waals surface area contributed by atoms with E-state index in [1.165, 1.54) is 0 Å². The molecule has 2 aliphatic heterocycles. The number of rotatable bonds is 4. The van der Waals surface area contributed by atoms with Gasteiger partial charge in [-0.1, -0.05) is 53.6 Å². The third-order valence-electron chi connectivity index (χ3n) is 5.02. The average Bonchev–Trinajstić information content (AvgIpc) is 2.73. The Hall–Kier alpha value is -1.51. The van der Waals surface area contributed by atoms with E-state index >= 15 is 0 Å². The smallest absolute Gasteiger partial charge is 0.184 e. The van der Waals surface area contributed by atoms with Crippen molar-refractivity contribution in [2.45, 2.75) is 43.9 Å². The van der Waals surface area contributed by atoms with Gasteiger partial charge in [0.1, 0.15) is 24.4 Å². The van der Waals surface area contributed by atoms with E-state index in [1.807, 2.05) is 43.3 Å². The normalized spacial score (nSPS) is 31.2. The zero-order valence-corrected chi connectivity index (χ0v) is 16.2. The molecule has 6 atom stereocenters. The number of benzene rings is 2. The van der Waals surface area contributed by atoms with Gasteiger partial charge in [0.2, 0.25) is 0 Å². The van der Waals surface area contributed by atoms with Gasteiger partial charge in [0.25, 0.3) is 0 Å². The van der Waals surface area contributed by atoms with Crippen molar-refractivity contribution >= 4 is 11.6 Å². The Bertz CT molecular complexity index is 778. The van der Waals surface area contributed by atoms with Crippen molar-refractivity contribution < 1.29 is 29.2 Å². The summed E-state index contributed by atoms with van der Waals surface area (Å²) in [5.41, 5.74) is 2.76. The van der Waals surface area contributed by atoms with Gasteiger partial charge < -0.3 is 29.2 Å². The molecule has 2 aliphatic rings. The van der Waals surface area contributed by atoms with Crippen LogP contribution in [-0.4, -0.2) is 47.8 Å². The lowest BCUT2D eigenvalue weighted by Crippen LogP contribution is -2.58. The van der Waals surface area contributed by atoms with Crippen LogP contribution in [0.15, 0.2) is 48.5 Å². The summed E-state index contributed by atoms with van der Waals surface area (Å²) in [5.74, 6) is 0. The van der Waals surface area contributed by atoms with Crippen LogP contribution in [0.3, 0.4) is 0 Å². The van der Waals surface area contributed by atoms with Crippen molar-refractivity contribution in [1.29, 1.82) is 0 Å². The number of aryl methyl sites for hydroxylation is 1. The van der Waals surface area contributed by atoms with Crippen LogP contribution in [0.2, 0.25) is 5.02 Å². The number of ether oxygens (including phenoxy) is 4. The topological polar surface area (TPSA) is 77.4 Å². The van der Waals surface area contributed by atoms with E-state index in [1.54, 1.807) is 12.1 Å². The van der Waals surface area contributed by atoms with Crippen molar-refractivity contribution in [2.75, 3.05) is 13.2 Å². The van der Waals surface area contributed by atoms with Gasteiger partial charge in [0.15, 0.2) is 12.6 Å². The van der Waals surface area contributed by atoms with E-state index in [0.29, 0.717) is 5.02 Å². The van der Waals surface area contributed by atoms with Crippen molar-refractivity contribution in [3.63, 3.8) is 0 Å². The SMILES string of the molecule is Cc1ccc(C2OC3COC(c4ccc(Cl)cc4)OC3[C@@H]([C@H](O)CO)O2)cc1. The highest BCUT2D eigenvalue weighted by molar-refractivity contribution is 6.30. The molecule has 0 amide bonds. The summed E-state index contributed by atoms with van der Waals surface area (Å²) in [6.45, 7) is 1.84. The van der Waals surface area contributed by atoms with E-state index in [2.05, 4.69) is 0 Å². The first kappa shape index (κ1) is 19.8. The van der Waals surface area contributed by atoms with Crippen molar-refractivity contribution in [2.24, 2.45) is 0 Å². The third-order valence-corrected chi connectivity index (χ3v) is 5.27. The Morgan fingerprint density at radius 3 is 2.29 bits per heavy atom. The second kappa shape index (κ2) is 8.47. The van der Waals surface area contributed by atoms with Crippen LogP contribution in [0.5, 0.6) is 0 Å². The molecule has 0 aliphatic carbocycles. The van der Waals surface area contributed by atoms with Crippen molar-refractivity contribution in [1.82, 2.24) is 0 Å². The molecule has 4 rings (SSSR count). The number of hydrogen-bond donors (Lipinski definition) is 2. The quantitative estimate of drug-likeness (QED) is 0.813. The van der Waals surface area contributed by atoms with Gasteiger partial charge in [0, 0.05) is 16.1 Å². The van der Waals surface area contributed by atoms with Crippen LogP contribution >= 0.6 is 11.6 Å². The Morgan fingerprint density at radius 2 is 1.61 bits per heavy atom. The molecule has 2 aromatic carbocycles. The van der Waals surface area contributed by atoms with Crippen LogP contribution in [-0.2, 0) is 18.9 Å². The van der Waals surface area contributed by atoms with Gasteiger partial charge in [0.05, 0.1) is 13.2 Å². The summed E-state index contributed by atoms with van der Waals surface area (Å²) < 4.78 is 24.0. The third kappa shape index (κ3) is 4.09. The summed E-state index contributed by atoms with van der Waals surface area (Å²) >= 11 is 5.95. The molecule has 150 valence electrons. The number of fused-ring (bicyclic) bond motifs is 1. The first-order valence-electron chi connectivity index (χ1n) is 9.24. The number of halogens is 1. The van der Waals surface area contributed by atoms with Gasteiger partial charge >= 0.3 is 0 Å². The molecule has 7 heteroatoms. The van der Waals surface area contributed by atoms with Crippen LogP contribution in [0.25, 0.3) is 0 Å². The standard InChI is InChI=1S/C21H23ClO6/c1-12-2-4-14(5-3-12)21-26-17-11-25-20(13-6-8-15(22)9-7-13)28-19(17)18(27-21)16(24)10-23/h2-9,16-21,23-24H,10-11H2,1H3/t16-,17?,18-,19?,20?,21?/m1/s1. The Morgan fingerprint density at radius 1 is 0.964 bits per heavy atom. The van der Waals surface area contributed by atoms with Crippen LogP contribution in [0, 0.1) is 6.92 Å². The molecule has 2 fully saturated rings. The van der Waals surface area contributed by atoms with Gasteiger partial charge in [-0.3, -0.25) is 0 Å². The minimum Gasteiger partial charge on any atom is -0.394 e. The second-order valence-corrected chi connectivity index (χ2v) is 7.52. The molecule has 2 heterocycles. The number of hydrogen-bond acceptors (Lipinski definition) is 6. The summed E-state index contributed by atoms with van der Waals surface area (Å²) in [5, 5.41) is 20.5. The predicted octanol–water partition coefficient (Wildman–Crippen LogP) is 2.90. The fourth-order valence-electron chi connectivity index (χ4n) is 3.45. The van der Waals surface area contributed by atoms with Crippen LogP contribution < -0.4 is 0 Å². The molecular formula is C21H23ClO6. The van der Waals surface area contributed by atoms with Crippen LogP contribution in [0.1, 0.15) is 29.3 Å². The highest BCUT2D eigenvalue weighted by Gasteiger charge is 2.48. The Labute approximate surface area is 168 Å². The molecule has 0 saturated carbocycles. The fraction of sp³-hybridized carbons (Fsp3) is 0.429. The van der Waals surface area contributed by atoms with Crippen molar-refractivity contribution in [3.8, 4) is 0 Å². The first-order valence-corrected chi connectivity index (χ1v) is 9.62. The Kier molecular flexibility index (Phi) is 5.99. The molecule has 0 bridgehead atoms. The molecule has 4 unspecified atom stereocenters. The highest BCUT2D eigenvalue weighted by atomic mass is 35.5. The molecular weight excluding hydrogens is 384 g/mol. The van der Waals surface area contributed by atoms with E-state index in [-0.39, 0.29) is 6.61 Å². The maximum absolute atomic E-state index is 10.4. The summed E-state index contributed by atoms with van der Waals surface area (Å²) in [6.07, 6.45) is -4.18. The molecule has 28 heavy (non-hydrogen) atoms. The lowest BCUT2D eigenvalue weighted by atomic mass is 9.99. The largest absolute Gasteiger partial charge is 0.394 e. The van der Waals surface area contributed by atoms with E-state index in [4.69, 9.17) is 30.5 Å². The molecule has 2 aromatic rings. The summed E-state index contributed by atoms with van der Waals surface area (Å²) in [7, 11) is 0. The molecule has 0 spiro atoms. The van der Waals surface area contributed by atoms with Gasteiger partial charge in [-0.25, -0.2) is 0 Å². The number of aliphatic hydroxyl groups is 2. The minimum atomic E-state index is -1.10. The van der Waals surface area contributed by atoms with Crippen LogP contribution in [0.4, 0.5) is 0 Å². The predicted molar refractivity (Wildman–Crippen MR) is 102 cm³/mol. The molecule has 2 saturated heterocycles. The molecule has 0 aromatic heterocycles. The van der Waals surface area contributed by atoms with Gasteiger partial charge in [-0.2, -0.15) is 0 Å². The lowest BCUT2D eigenvalue weighted by molar-refractivity contribution is -0.373. The van der Waals surface area contributed by atoms with Crippen molar-refractivity contribution in [3.05, 3.63) is 70.2 Å². The zero-order chi connectivity index (χ0) is 19.7. The first-order chi connectivity index (χ1) is 13.5. The van der Waals surface area contributed by atoms with E-state index in [0.717, 1.165) is 16.7 Å². The molecule has 2 N–H and O–H groups in total. The summed E-state index contributed by atoms with van der Waals surface area (Å²) in [6, 6.07) is 14.9. The maximum Gasteiger partial charge on any atom is 0.184 e. The Balaban J connectivity index is 1.55. The van der Waals surface area contributed by atoms with E-state index < -0.39 is 43.6 Å². The minimum absolute atomic E-state index is 0.276. The van der Waals surface area contributed by atoms with E-state index in [9.17, 15) is 10.2 Å². The highest BCUT2D eigenvalue weighted by Crippen LogP contribution is 2.39. The molecule has 6 nitrogen and oxygen atoms in total. The van der Waals surface area contributed by atoms with Gasteiger partial charge in [-0.05, 0) is 19.1 Å². The fourth-order valence-corrected chi connectivity index (χ4v) is 3.58. The maximum atomic E-state index is 10.4. The zero-order valence-electron chi connectivity index (χ0n) is 15.4. The van der Waals surface area contributed by atoms with Gasteiger partial charge in [-0.15, -0.1) is 0 Å². The summed E-state index contributed by atoms with van der Waals surface area (Å²) in [4.78, 5) is 0. The lowest BCUT2D eigenvalue weighted by Gasteiger charge is -2.47. The molecule has 0 radical (unpaired) electrons. The second-order valence-electron chi connectivity index (χ2n) is 7.09. The monoisotopic (exact) mass is 406 g/mol. The average molecular weight is 407 g/mol.